The molecule has 0 aliphatic heterocycles. The van der Waals surface area contributed by atoms with Crippen molar-refractivity contribution >= 4 is 18.0 Å². The highest BCUT2D eigenvalue weighted by Gasteiger charge is 1.99. The first-order valence-corrected chi connectivity index (χ1v) is 4.88. The first-order chi connectivity index (χ1) is 7.61. The van der Waals surface area contributed by atoms with Crippen LogP contribution >= 0.6 is 0 Å². The fourth-order valence-corrected chi connectivity index (χ4v) is 0.884. The Morgan fingerprint density at radius 2 is 1.76 bits per heavy atom. The third kappa shape index (κ3) is 8.95. The highest BCUT2D eigenvalue weighted by molar-refractivity contribution is 6.33. The molecule has 0 fully saturated rings. The summed E-state index contributed by atoms with van der Waals surface area (Å²) in [6, 6.07) is 8.45. The van der Waals surface area contributed by atoms with Gasteiger partial charge < -0.3 is 10.6 Å². The van der Waals surface area contributed by atoms with Crippen molar-refractivity contribution in [2.45, 2.75) is 19.8 Å². The lowest BCUT2D eigenvalue weighted by atomic mass is 10.1. The van der Waals surface area contributed by atoms with E-state index < -0.39 is 11.8 Å². The standard InChI is InChI=1S/C8H6O2.C4H8O2.H2O/c9-6-8(10)7-4-2-1-3-5-7;1-2-3-4(5)6;/h1-6H;2-3H2,1H3,(H,5,6);1H2. The molecule has 0 spiro atoms. The van der Waals surface area contributed by atoms with E-state index in [-0.39, 0.29) is 5.48 Å². The molecule has 17 heavy (non-hydrogen) atoms. The number of aldehydes is 1. The fraction of sp³-hybridized carbons (Fsp3) is 0.250. The van der Waals surface area contributed by atoms with E-state index in [1.54, 1.807) is 30.3 Å². The second-order valence-electron chi connectivity index (χ2n) is 2.99. The number of rotatable bonds is 4. The Bertz CT molecular complexity index is 345. The van der Waals surface area contributed by atoms with Gasteiger partial charge in [-0.05, 0) is 6.42 Å². The van der Waals surface area contributed by atoms with Crippen LogP contribution in [-0.4, -0.2) is 28.6 Å². The van der Waals surface area contributed by atoms with Crippen LogP contribution in [0.3, 0.4) is 0 Å². The Hall–Kier alpha value is -2.01. The predicted molar refractivity (Wildman–Crippen MR) is 63.0 cm³/mol. The molecule has 5 nitrogen and oxygen atoms in total. The molecule has 0 radical (unpaired) electrons. The van der Waals surface area contributed by atoms with E-state index in [0.717, 1.165) is 6.42 Å². The maximum absolute atomic E-state index is 10.6. The third-order valence-electron chi connectivity index (χ3n) is 1.63. The molecule has 0 atom stereocenters. The van der Waals surface area contributed by atoms with Crippen molar-refractivity contribution in [2.24, 2.45) is 0 Å². The zero-order chi connectivity index (χ0) is 12.4. The molecule has 1 rings (SSSR count). The summed E-state index contributed by atoms with van der Waals surface area (Å²) in [6.45, 7) is 1.84. The number of hydrogen-bond donors (Lipinski definition) is 1. The minimum Gasteiger partial charge on any atom is -0.481 e. The minimum atomic E-state index is -0.711. The number of Topliss-reactive ketones (excluding diaryl/α,β-unsaturated/α-hetero) is 1. The number of aliphatic carboxylic acids is 1. The van der Waals surface area contributed by atoms with E-state index in [9.17, 15) is 14.4 Å². The van der Waals surface area contributed by atoms with Gasteiger partial charge in [0.25, 0.3) is 0 Å². The third-order valence-corrected chi connectivity index (χ3v) is 1.63. The molecular weight excluding hydrogens is 224 g/mol. The molecule has 0 saturated carbocycles. The Morgan fingerprint density at radius 3 is 2.06 bits per heavy atom. The Kier molecular flexibility index (Phi) is 10.7. The zero-order valence-electron chi connectivity index (χ0n) is 9.55. The van der Waals surface area contributed by atoms with Gasteiger partial charge in [0.1, 0.15) is 0 Å². The smallest absolute Gasteiger partial charge is 0.303 e. The van der Waals surface area contributed by atoms with E-state index in [1.807, 2.05) is 6.92 Å². The zero-order valence-corrected chi connectivity index (χ0v) is 9.55. The molecule has 0 bridgehead atoms. The second-order valence-corrected chi connectivity index (χ2v) is 2.99. The van der Waals surface area contributed by atoms with Crippen molar-refractivity contribution in [3.8, 4) is 0 Å². The predicted octanol–water partition coefficient (Wildman–Crippen LogP) is 1.11. The summed E-state index contributed by atoms with van der Waals surface area (Å²) in [5.41, 5.74) is 0.442. The summed E-state index contributed by atoms with van der Waals surface area (Å²) in [5.74, 6) is -1.18. The van der Waals surface area contributed by atoms with Gasteiger partial charge in [0, 0.05) is 12.0 Å². The molecule has 0 aliphatic rings. The number of hydrogen-bond acceptors (Lipinski definition) is 3. The molecule has 0 saturated heterocycles. The van der Waals surface area contributed by atoms with Gasteiger partial charge in [-0.1, -0.05) is 37.3 Å². The minimum absolute atomic E-state index is 0. The summed E-state index contributed by atoms with van der Waals surface area (Å²) < 4.78 is 0. The average molecular weight is 240 g/mol. The quantitative estimate of drug-likeness (QED) is 0.483. The molecule has 0 heterocycles. The van der Waals surface area contributed by atoms with Crippen LogP contribution in [0.5, 0.6) is 0 Å². The topological polar surface area (TPSA) is 103 Å². The van der Waals surface area contributed by atoms with Crippen LogP contribution in [-0.2, 0) is 9.59 Å². The molecule has 0 amide bonds. The van der Waals surface area contributed by atoms with Gasteiger partial charge in [-0.15, -0.1) is 0 Å². The summed E-state index contributed by atoms with van der Waals surface area (Å²) >= 11 is 0. The van der Waals surface area contributed by atoms with E-state index >= 15 is 0 Å². The van der Waals surface area contributed by atoms with E-state index in [2.05, 4.69) is 0 Å². The molecular formula is C12H16O5. The lowest BCUT2D eigenvalue weighted by molar-refractivity contribution is -0.137. The van der Waals surface area contributed by atoms with Crippen LogP contribution in [0.2, 0.25) is 0 Å². The molecule has 0 aliphatic carbocycles. The SMILES string of the molecule is CCCC(=O)O.O.O=CC(=O)c1ccccc1. The van der Waals surface area contributed by atoms with Crippen molar-refractivity contribution in [3.63, 3.8) is 0 Å². The number of ketones is 1. The highest BCUT2D eigenvalue weighted by Crippen LogP contribution is 1.96. The van der Waals surface area contributed by atoms with Gasteiger partial charge in [-0.25, -0.2) is 0 Å². The summed E-state index contributed by atoms with van der Waals surface area (Å²) in [4.78, 5) is 30.2. The van der Waals surface area contributed by atoms with E-state index in [4.69, 9.17) is 5.11 Å². The van der Waals surface area contributed by atoms with E-state index in [0.29, 0.717) is 18.3 Å². The second kappa shape index (κ2) is 10.5. The number of benzene rings is 1. The van der Waals surface area contributed by atoms with Gasteiger partial charge in [-0.3, -0.25) is 14.4 Å². The Morgan fingerprint density at radius 1 is 1.24 bits per heavy atom. The molecule has 1 aromatic rings. The number of carboxylic acids is 1. The van der Waals surface area contributed by atoms with Gasteiger partial charge in [0.05, 0.1) is 0 Å². The monoisotopic (exact) mass is 240 g/mol. The normalized spacial score (nSPS) is 8.06. The number of carbonyl (C=O) groups excluding carboxylic acids is 2. The van der Waals surface area contributed by atoms with Crippen LogP contribution in [0.15, 0.2) is 30.3 Å². The number of carbonyl (C=O) groups is 3. The first kappa shape index (κ1) is 17.4. The fourth-order valence-electron chi connectivity index (χ4n) is 0.884. The van der Waals surface area contributed by atoms with Crippen LogP contribution < -0.4 is 0 Å². The van der Waals surface area contributed by atoms with Crippen LogP contribution in [0, 0.1) is 0 Å². The molecule has 3 N–H and O–H groups in total. The Labute approximate surface area is 99.4 Å². The molecule has 0 unspecified atom stereocenters. The van der Waals surface area contributed by atoms with Gasteiger partial charge >= 0.3 is 5.97 Å². The summed E-state index contributed by atoms with van der Waals surface area (Å²) in [7, 11) is 0. The van der Waals surface area contributed by atoms with Crippen molar-refractivity contribution in [1.82, 2.24) is 0 Å². The highest BCUT2D eigenvalue weighted by atomic mass is 16.4. The van der Waals surface area contributed by atoms with Gasteiger partial charge in [-0.2, -0.15) is 0 Å². The first-order valence-electron chi connectivity index (χ1n) is 4.88. The van der Waals surface area contributed by atoms with Crippen molar-refractivity contribution in [3.05, 3.63) is 35.9 Å². The maximum atomic E-state index is 10.6. The van der Waals surface area contributed by atoms with Crippen molar-refractivity contribution < 1.29 is 25.0 Å². The van der Waals surface area contributed by atoms with Crippen LogP contribution in [0.4, 0.5) is 0 Å². The van der Waals surface area contributed by atoms with Crippen LogP contribution in [0.1, 0.15) is 30.1 Å². The summed E-state index contributed by atoms with van der Waals surface area (Å²) in [6.07, 6.45) is 1.34. The molecule has 5 heteroatoms. The van der Waals surface area contributed by atoms with Crippen molar-refractivity contribution in [2.75, 3.05) is 0 Å². The van der Waals surface area contributed by atoms with Gasteiger partial charge in [0.2, 0.25) is 5.78 Å². The van der Waals surface area contributed by atoms with E-state index in [1.165, 1.54) is 0 Å². The van der Waals surface area contributed by atoms with Crippen LogP contribution in [0.25, 0.3) is 0 Å². The molecule has 0 aromatic heterocycles. The lowest BCUT2D eigenvalue weighted by Gasteiger charge is -1.88. The van der Waals surface area contributed by atoms with Gasteiger partial charge in [0.15, 0.2) is 6.29 Å². The maximum Gasteiger partial charge on any atom is 0.303 e. The largest absolute Gasteiger partial charge is 0.481 e. The molecule has 1 aromatic carbocycles. The summed E-state index contributed by atoms with van der Waals surface area (Å²) in [5, 5.41) is 7.91. The average Bonchev–Trinajstić information content (AvgIpc) is 2.30. The lowest BCUT2D eigenvalue weighted by Crippen LogP contribution is -1.97. The Balaban J connectivity index is 0. The number of carboxylic acid groups (broad SMARTS) is 1. The van der Waals surface area contributed by atoms with Crippen molar-refractivity contribution in [1.29, 1.82) is 0 Å². The molecule has 94 valence electrons.